The van der Waals surface area contributed by atoms with E-state index >= 15 is 0 Å². The maximum atomic E-state index is 12.5. The Kier molecular flexibility index (Phi) is 7.01. The fourth-order valence-corrected chi connectivity index (χ4v) is 2.73. The largest absolute Gasteiger partial charge is 0.326 e. The van der Waals surface area contributed by atoms with Crippen molar-refractivity contribution in [2.45, 2.75) is 38.5 Å². The van der Waals surface area contributed by atoms with Crippen LogP contribution in [-0.4, -0.2) is 11.8 Å². The van der Waals surface area contributed by atoms with E-state index in [0.29, 0.717) is 12.8 Å². The van der Waals surface area contributed by atoms with Gasteiger partial charge in [-0.15, -0.1) is 4.91 Å². The number of nitrogens with one attached hydrogen (secondary N) is 1. The highest BCUT2D eigenvalue weighted by atomic mass is 16.3. The van der Waals surface area contributed by atoms with E-state index in [9.17, 15) is 14.5 Å². The van der Waals surface area contributed by atoms with Gasteiger partial charge in [0, 0.05) is 17.3 Å². The number of anilines is 1. The van der Waals surface area contributed by atoms with Gasteiger partial charge in [0.1, 0.15) is 0 Å². The molecular weight excluding hydrogens is 316 g/mol. The number of nitroso groups, excluding NO2 is 1. The molecule has 130 valence electrons. The molecule has 0 radical (unpaired) electrons. The quantitative estimate of drug-likeness (QED) is 0.723. The third-order valence-electron chi connectivity index (χ3n) is 4.11. The van der Waals surface area contributed by atoms with Crippen molar-refractivity contribution in [3.63, 3.8) is 0 Å². The normalized spacial score (nSPS) is 11.6. The standard InChI is InChI=1S/C20H22N2O3/c1-2-18(16-8-4-3-5-9-16)20(24)21-17-13-11-15(12-14-17)7-6-10-19(23)22-25/h3-5,8-9,11-14,18H,2,6-7,10H2,1H3,(H,21,24). The van der Waals surface area contributed by atoms with Crippen molar-refractivity contribution >= 4 is 17.5 Å². The molecule has 1 atom stereocenters. The molecule has 5 nitrogen and oxygen atoms in total. The van der Waals surface area contributed by atoms with Crippen LogP contribution in [0.25, 0.3) is 0 Å². The Morgan fingerprint density at radius 2 is 1.72 bits per heavy atom. The van der Waals surface area contributed by atoms with E-state index in [0.717, 1.165) is 23.2 Å². The number of carbonyl (C=O) groups is 2. The van der Waals surface area contributed by atoms with Crippen LogP contribution >= 0.6 is 0 Å². The third kappa shape index (κ3) is 5.64. The van der Waals surface area contributed by atoms with Crippen molar-refractivity contribution in [3.05, 3.63) is 70.6 Å². The summed E-state index contributed by atoms with van der Waals surface area (Å²) in [6, 6.07) is 17.3. The van der Waals surface area contributed by atoms with Gasteiger partial charge in [0.2, 0.25) is 5.91 Å². The van der Waals surface area contributed by atoms with Gasteiger partial charge in [-0.2, -0.15) is 0 Å². The molecule has 0 heterocycles. The summed E-state index contributed by atoms with van der Waals surface area (Å²) < 4.78 is 0. The van der Waals surface area contributed by atoms with Crippen molar-refractivity contribution in [3.8, 4) is 0 Å². The molecule has 0 aliphatic heterocycles. The van der Waals surface area contributed by atoms with Gasteiger partial charge in [-0.05, 0) is 42.5 Å². The summed E-state index contributed by atoms with van der Waals surface area (Å²) in [6.45, 7) is 2.00. The summed E-state index contributed by atoms with van der Waals surface area (Å²) in [5.74, 6) is -0.817. The van der Waals surface area contributed by atoms with E-state index in [-0.39, 0.29) is 18.2 Å². The smallest absolute Gasteiger partial charge is 0.286 e. The van der Waals surface area contributed by atoms with Crippen LogP contribution in [0, 0.1) is 4.91 Å². The highest BCUT2D eigenvalue weighted by Crippen LogP contribution is 2.22. The fraction of sp³-hybridized carbons (Fsp3) is 0.300. The van der Waals surface area contributed by atoms with Crippen LogP contribution in [0.2, 0.25) is 0 Å². The molecule has 0 aliphatic rings. The number of hydrogen-bond acceptors (Lipinski definition) is 3. The zero-order chi connectivity index (χ0) is 18.1. The summed E-state index contributed by atoms with van der Waals surface area (Å²) >= 11 is 0. The average Bonchev–Trinajstić information content (AvgIpc) is 2.64. The lowest BCUT2D eigenvalue weighted by atomic mass is 9.95. The zero-order valence-corrected chi connectivity index (χ0v) is 14.3. The molecule has 25 heavy (non-hydrogen) atoms. The van der Waals surface area contributed by atoms with Crippen molar-refractivity contribution in [2.24, 2.45) is 5.18 Å². The van der Waals surface area contributed by atoms with Crippen LogP contribution in [0.15, 0.2) is 59.8 Å². The zero-order valence-electron chi connectivity index (χ0n) is 14.3. The van der Waals surface area contributed by atoms with E-state index in [1.807, 2.05) is 61.5 Å². The maximum Gasteiger partial charge on any atom is 0.286 e. The molecule has 2 aromatic carbocycles. The van der Waals surface area contributed by atoms with Crippen LogP contribution in [-0.2, 0) is 16.0 Å². The lowest BCUT2D eigenvalue weighted by Crippen LogP contribution is -2.20. The van der Waals surface area contributed by atoms with Crippen LogP contribution in [0.1, 0.15) is 43.2 Å². The van der Waals surface area contributed by atoms with Crippen molar-refractivity contribution in [1.29, 1.82) is 0 Å². The Labute approximate surface area is 147 Å². The maximum absolute atomic E-state index is 12.5. The van der Waals surface area contributed by atoms with Gasteiger partial charge in [-0.1, -0.05) is 49.4 Å². The molecule has 0 bridgehead atoms. The third-order valence-corrected chi connectivity index (χ3v) is 4.11. The second-order valence-electron chi connectivity index (χ2n) is 5.90. The number of nitrogens with zero attached hydrogens (tertiary/aromatic N) is 1. The lowest BCUT2D eigenvalue weighted by Gasteiger charge is -2.15. The monoisotopic (exact) mass is 338 g/mol. The molecule has 0 fully saturated rings. The summed E-state index contributed by atoms with van der Waals surface area (Å²) in [5, 5.41) is 5.33. The first-order valence-corrected chi connectivity index (χ1v) is 8.45. The number of carbonyl (C=O) groups excluding carboxylic acids is 2. The second-order valence-corrected chi connectivity index (χ2v) is 5.90. The molecule has 0 saturated carbocycles. The first-order valence-electron chi connectivity index (χ1n) is 8.45. The Morgan fingerprint density at radius 1 is 1.04 bits per heavy atom. The SMILES string of the molecule is CCC(C(=O)Nc1ccc(CCCC(=O)N=O)cc1)c1ccccc1. The molecule has 0 aliphatic carbocycles. The minimum Gasteiger partial charge on any atom is -0.326 e. The Bertz CT molecular complexity index is 711. The van der Waals surface area contributed by atoms with Gasteiger partial charge in [0.25, 0.3) is 5.91 Å². The molecule has 0 saturated heterocycles. The molecule has 0 spiro atoms. The Balaban J connectivity index is 1.92. The van der Waals surface area contributed by atoms with Crippen LogP contribution < -0.4 is 5.32 Å². The van der Waals surface area contributed by atoms with E-state index in [1.54, 1.807) is 0 Å². The lowest BCUT2D eigenvalue weighted by molar-refractivity contribution is -0.118. The van der Waals surface area contributed by atoms with Crippen LogP contribution in [0.3, 0.4) is 0 Å². The van der Waals surface area contributed by atoms with Crippen LogP contribution in [0.5, 0.6) is 0 Å². The van der Waals surface area contributed by atoms with Gasteiger partial charge < -0.3 is 5.32 Å². The Morgan fingerprint density at radius 3 is 2.32 bits per heavy atom. The molecular formula is C20H22N2O3. The van der Waals surface area contributed by atoms with Gasteiger partial charge >= 0.3 is 0 Å². The van der Waals surface area contributed by atoms with Gasteiger partial charge in [0.15, 0.2) is 0 Å². The summed E-state index contributed by atoms with van der Waals surface area (Å²) in [5.41, 5.74) is 2.80. The number of aryl methyl sites for hydroxylation is 1. The van der Waals surface area contributed by atoms with E-state index in [2.05, 4.69) is 10.5 Å². The van der Waals surface area contributed by atoms with Crippen molar-refractivity contribution < 1.29 is 9.59 Å². The minimum absolute atomic E-state index is 0.0240. The second kappa shape index (κ2) is 9.47. The molecule has 2 rings (SSSR count). The predicted octanol–water partition coefficient (Wildman–Crippen LogP) is 4.43. The number of rotatable bonds is 8. The summed E-state index contributed by atoms with van der Waals surface area (Å²) in [7, 11) is 0. The minimum atomic E-state index is -0.615. The van der Waals surface area contributed by atoms with Crippen LogP contribution in [0.4, 0.5) is 5.69 Å². The molecule has 1 N–H and O–H groups in total. The topological polar surface area (TPSA) is 75.6 Å². The predicted molar refractivity (Wildman–Crippen MR) is 98.3 cm³/mol. The van der Waals surface area contributed by atoms with Crippen molar-refractivity contribution in [2.75, 3.05) is 5.32 Å². The molecule has 0 aromatic heterocycles. The Hall–Kier alpha value is -2.82. The van der Waals surface area contributed by atoms with Gasteiger partial charge in [0.05, 0.1) is 5.92 Å². The number of benzene rings is 2. The van der Waals surface area contributed by atoms with Gasteiger partial charge in [-0.25, -0.2) is 0 Å². The average molecular weight is 338 g/mol. The molecule has 2 aromatic rings. The molecule has 1 unspecified atom stereocenters. The van der Waals surface area contributed by atoms with E-state index in [1.165, 1.54) is 0 Å². The summed E-state index contributed by atoms with van der Waals surface area (Å²) in [4.78, 5) is 33.4. The highest BCUT2D eigenvalue weighted by molar-refractivity contribution is 5.95. The van der Waals surface area contributed by atoms with Crippen molar-refractivity contribution in [1.82, 2.24) is 0 Å². The summed E-state index contributed by atoms with van der Waals surface area (Å²) in [6.07, 6.45) is 2.17. The number of hydrogen-bond donors (Lipinski definition) is 1. The highest BCUT2D eigenvalue weighted by Gasteiger charge is 2.18. The molecule has 2 amide bonds. The number of amides is 2. The first-order chi connectivity index (χ1) is 12.1. The molecule has 5 heteroatoms. The van der Waals surface area contributed by atoms with Gasteiger partial charge in [-0.3, -0.25) is 9.59 Å². The van der Waals surface area contributed by atoms with E-state index in [4.69, 9.17) is 0 Å². The first kappa shape index (κ1) is 18.5. The fourth-order valence-electron chi connectivity index (χ4n) is 2.73. The van der Waals surface area contributed by atoms with E-state index < -0.39 is 5.91 Å².